The molecule has 0 saturated carbocycles. The smallest absolute Gasteiger partial charge is 0.239 e. The molecule has 2 heterocycles. The molecule has 4 N–H and O–H groups in total. The molecular weight excluding hydrogens is 268 g/mol. The molecule has 0 aliphatic carbocycles. The average Bonchev–Trinajstić information content (AvgIpc) is 2.94. The Morgan fingerprint density at radius 3 is 2.57 bits per heavy atom. The van der Waals surface area contributed by atoms with Crippen molar-refractivity contribution in [3.05, 3.63) is 24.3 Å². The first-order valence-corrected chi connectivity index (χ1v) is 7.45. The first kappa shape index (κ1) is 14.2. The highest BCUT2D eigenvalue weighted by Crippen LogP contribution is 2.23. The van der Waals surface area contributed by atoms with E-state index < -0.39 is 6.10 Å². The SMILES string of the molecule is Nc1ccccc1N1CCN(C(=O)[C@@H]2C[C@@H](O)CN2)CC1. The Balaban J connectivity index is 1.58. The standard InChI is InChI=1S/C15H22N4O2/c16-12-3-1-2-4-14(12)18-5-7-19(8-6-18)15(21)13-9-11(20)10-17-13/h1-4,11,13,17,20H,5-10,16H2/t11-,13+/m1/s1. The maximum absolute atomic E-state index is 12.4. The predicted octanol–water partition coefficient (Wildman–Crippen LogP) is -0.360. The molecule has 3 rings (SSSR count). The fourth-order valence-electron chi connectivity index (χ4n) is 3.07. The second kappa shape index (κ2) is 5.91. The number of amides is 1. The molecule has 2 atom stereocenters. The van der Waals surface area contributed by atoms with Crippen LogP contribution in [0.1, 0.15) is 6.42 Å². The molecule has 2 fully saturated rings. The number of hydrogen-bond acceptors (Lipinski definition) is 5. The lowest BCUT2D eigenvalue weighted by atomic mass is 10.1. The summed E-state index contributed by atoms with van der Waals surface area (Å²) in [6.07, 6.45) is 0.120. The summed E-state index contributed by atoms with van der Waals surface area (Å²) < 4.78 is 0. The van der Waals surface area contributed by atoms with Crippen LogP contribution in [0.3, 0.4) is 0 Å². The summed E-state index contributed by atoms with van der Waals surface area (Å²) in [5, 5.41) is 12.6. The molecule has 1 amide bonds. The lowest BCUT2D eigenvalue weighted by molar-refractivity contribution is -0.133. The van der Waals surface area contributed by atoms with E-state index in [4.69, 9.17) is 5.73 Å². The monoisotopic (exact) mass is 290 g/mol. The van der Waals surface area contributed by atoms with Gasteiger partial charge in [-0.25, -0.2) is 0 Å². The Morgan fingerprint density at radius 2 is 1.95 bits per heavy atom. The largest absolute Gasteiger partial charge is 0.397 e. The maximum atomic E-state index is 12.4. The molecule has 0 radical (unpaired) electrons. The number of carbonyl (C=O) groups is 1. The van der Waals surface area contributed by atoms with Gasteiger partial charge in [0.05, 0.1) is 23.5 Å². The molecule has 21 heavy (non-hydrogen) atoms. The number of carbonyl (C=O) groups excluding carboxylic acids is 1. The van der Waals surface area contributed by atoms with Gasteiger partial charge < -0.3 is 26.0 Å². The van der Waals surface area contributed by atoms with Crippen LogP contribution >= 0.6 is 0 Å². The van der Waals surface area contributed by atoms with Gasteiger partial charge in [-0.3, -0.25) is 4.79 Å². The van der Waals surface area contributed by atoms with E-state index in [9.17, 15) is 9.90 Å². The molecule has 6 nitrogen and oxygen atoms in total. The third-order valence-corrected chi connectivity index (χ3v) is 4.27. The van der Waals surface area contributed by atoms with Gasteiger partial charge in [0, 0.05) is 32.7 Å². The first-order valence-electron chi connectivity index (χ1n) is 7.45. The molecule has 0 aromatic heterocycles. The Hall–Kier alpha value is -1.79. The lowest BCUT2D eigenvalue weighted by Crippen LogP contribution is -2.53. The number of aliphatic hydroxyl groups excluding tert-OH is 1. The van der Waals surface area contributed by atoms with Gasteiger partial charge in [-0.1, -0.05) is 12.1 Å². The Bertz CT molecular complexity index is 514. The molecular formula is C15H22N4O2. The van der Waals surface area contributed by atoms with Crippen LogP contribution in [0.2, 0.25) is 0 Å². The number of para-hydroxylation sites is 2. The molecule has 2 aliphatic rings. The molecule has 114 valence electrons. The van der Waals surface area contributed by atoms with E-state index in [0.717, 1.165) is 24.5 Å². The van der Waals surface area contributed by atoms with Gasteiger partial charge in [-0.05, 0) is 18.6 Å². The van der Waals surface area contributed by atoms with Gasteiger partial charge in [0.2, 0.25) is 5.91 Å². The minimum Gasteiger partial charge on any atom is -0.397 e. The minimum absolute atomic E-state index is 0.104. The Kier molecular flexibility index (Phi) is 3.98. The lowest BCUT2D eigenvalue weighted by Gasteiger charge is -2.37. The zero-order chi connectivity index (χ0) is 14.8. The number of piperazine rings is 1. The molecule has 6 heteroatoms. The van der Waals surface area contributed by atoms with Crippen LogP contribution < -0.4 is 16.0 Å². The van der Waals surface area contributed by atoms with Crippen molar-refractivity contribution in [2.75, 3.05) is 43.4 Å². The van der Waals surface area contributed by atoms with Crippen LogP contribution in [0.25, 0.3) is 0 Å². The summed E-state index contributed by atoms with van der Waals surface area (Å²) in [5.74, 6) is 0.104. The summed E-state index contributed by atoms with van der Waals surface area (Å²) >= 11 is 0. The van der Waals surface area contributed by atoms with Crippen molar-refractivity contribution in [3.8, 4) is 0 Å². The van der Waals surface area contributed by atoms with Crippen molar-refractivity contribution in [3.63, 3.8) is 0 Å². The van der Waals surface area contributed by atoms with Gasteiger partial charge in [-0.15, -0.1) is 0 Å². The topological polar surface area (TPSA) is 81.8 Å². The number of nitrogens with two attached hydrogens (primary N) is 1. The number of benzene rings is 1. The van der Waals surface area contributed by atoms with E-state index in [1.54, 1.807) is 0 Å². The Labute approximate surface area is 124 Å². The fourth-order valence-corrected chi connectivity index (χ4v) is 3.07. The van der Waals surface area contributed by atoms with Crippen LogP contribution in [-0.4, -0.2) is 60.8 Å². The van der Waals surface area contributed by atoms with E-state index in [2.05, 4.69) is 10.2 Å². The van der Waals surface area contributed by atoms with Crippen LogP contribution in [0.15, 0.2) is 24.3 Å². The van der Waals surface area contributed by atoms with Crippen molar-refractivity contribution >= 4 is 17.3 Å². The third kappa shape index (κ3) is 2.96. The van der Waals surface area contributed by atoms with Gasteiger partial charge in [0.1, 0.15) is 0 Å². The Morgan fingerprint density at radius 1 is 1.24 bits per heavy atom. The fraction of sp³-hybridized carbons (Fsp3) is 0.533. The van der Waals surface area contributed by atoms with Crippen LogP contribution in [-0.2, 0) is 4.79 Å². The molecule has 2 aliphatic heterocycles. The first-order chi connectivity index (χ1) is 10.1. The summed E-state index contributed by atoms with van der Waals surface area (Å²) in [6, 6.07) is 7.59. The van der Waals surface area contributed by atoms with Crippen molar-refractivity contribution in [2.45, 2.75) is 18.6 Å². The second-order valence-corrected chi connectivity index (χ2v) is 5.72. The zero-order valence-electron chi connectivity index (χ0n) is 12.0. The summed E-state index contributed by atoms with van der Waals surface area (Å²) in [6.45, 7) is 3.48. The molecule has 0 spiro atoms. The van der Waals surface area contributed by atoms with Crippen LogP contribution in [0, 0.1) is 0 Å². The number of β-amino-alcohol motifs (C(OH)–C–C–N with tert-alkyl or cyclic N) is 1. The van der Waals surface area contributed by atoms with E-state index in [1.165, 1.54) is 0 Å². The van der Waals surface area contributed by atoms with Gasteiger partial charge >= 0.3 is 0 Å². The van der Waals surface area contributed by atoms with E-state index >= 15 is 0 Å². The number of nitrogens with zero attached hydrogens (tertiary/aromatic N) is 2. The molecule has 2 saturated heterocycles. The highest BCUT2D eigenvalue weighted by molar-refractivity contribution is 5.82. The molecule has 0 bridgehead atoms. The second-order valence-electron chi connectivity index (χ2n) is 5.72. The number of aliphatic hydroxyl groups is 1. The van der Waals surface area contributed by atoms with Crippen molar-refractivity contribution in [1.29, 1.82) is 0 Å². The van der Waals surface area contributed by atoms with Gasteiger partial charge in [0.15, 0.2) is 0 Å². The number of nitrogen functional groups attached to an aromatic ring is 1. The quantitative estimate of drug-likeness (QED) is 0.648. The minimum atomic E-state index is -0.399. The highest BCUT2D eigenvalue weighted by Gasteiger charge is 2.32. The van der Waals surface area contributed by atoms with Crippen LogP contribution in [0.4, 0.5) is 11.4 Å². The van der Waals surface area contributed by atoms with Crippen molar-refractivity contribution in [1.82, 2.24) is 10.2 Å². The predicted molar refractivity (Wildman–Crippen MR) is 82.1 cm³/mol. The molecule has 1 aromatic carbocycles. The molecule has 0 unspecified atom stereocenters. The highest BCUT2D eigenvalue weighted by atomic mass is 16.3. The van der Waals surface area contributed by atoms with Crippen molar-refractivity contribution in [2.24, 2.45) is 0 Å². The summed E-state index contributed by atoms with van der Waals surface area (Å²) in [7, 11) is 0. The van der Waals surface area contributed by atoms with Gasteiger partial charge in [0.25, 0.3) is 0 Å². The van der Waals surface area contributed by atoms with E-state index in [0.29, 0.717) is 26.1 Å². The van der Waals surface area contributed by atoms with E-state index in [-0.39, 0.29) is 11.9 Å². The van der Waals surface area contributed by atoms with E-state index in [1.807, 2.05) is 29.2 Å². The normalized spacial score (nSPS) is 26.1. The maximum Gasteiger partial charge on any atom is 0.239 e. The average molecular weight is 290 g/mol. The summed E-state index contributed by atoms with van der Waals surface area (Å²) in [4.78, 5) is 16.5. The summed E-state index contributed by atoms with van der Waals surface area (Å²) in [5.41, 5.74) is 7.82. The number of rotatable bonds is 2. The number of anilines is 2. The van der Waals surface area contributed by atoms with Gasteiger partial charge in [-0.2, -0.15) is 0 Å². The molecule has 1 aromatic rings. The zero-order valence-corrected chi connectivity index (χ0v) is 12.0. The third-order valence-electron chi connectivity index (χ3n) is 4.27. The van der Waals surface area contributed by atoms with Crippen LogP contribution in [0.5, 0.6) is 0 Å². The number of hydrogen-bond donors (Lipinski definition) is 3. The van der Waals surface area contributed by atoms with Crippen molar-refractivity contribution < 1.29 is 9.90 Å². The number of nitrogens with one attached hydrogen (secondary N) is 1.